The van der Waals surface area contributed by atoms with Gasteiger partial charge in [0, 0.05) is 18.2 Å². The first-order chi connectivity index (χ1) is 12.5. The molecule has 0 heterocycles. The van der Waals surface area contributed by atoms with Crippen molar-refractivity contribution in [1.29, 1.82) is 0 Å². The van der Waals surface area contributed by atoms with Crippen molar-refractivity contribution in [1.82, 2.24) is 5.32 Å². The molecule has 1 fully saturated rings. The molecule has 1 saturated carbocycles. The number of aliphatic carboxylic acids is 1. The predicted molar refractivity (Wildman–Crippen MR) is 89.0 cm³/mol. The minimum absolute atomic E-state index is 0.0281. The Hall–Kier alpha value is -2.07. The van der Waals surface area contributed by atoms with Gasteiger partial charge in [0.15, 0.2) is 6.61 Å². The van der Waals surface area contributed by atoms with Gasteiger partial charge in [-0.15, -0.1) is 0 Å². The Morgan fingerprint density at radius 3 is 2.30 bits per heavy atom. The third-order valence-corrected chi connectivity index (χ3v) is 3.95. The van der Waals surface area contributed by atoms with Crippen LogP contribution in [0, 0.1) is 5.82 Å². The van der Waals surface area contributed by atoms with Crippen LogP contribution in [0.25, 0.3) is 0 Å². The maximum atomic E-state index is 13.2. The molecule has 0 atom stereocenters. The lowest BCUT2D eigenvalue weighted by atomic mass is 9.92. The lowest BCUT2D eigenvalue weighted by Gasteiger charge is -2.26. The van der Waals surface area contributed by atoms with Crippen molar-refractivity contribution >= 4 is 23.5 Å². The number of carbonyl (C=O) groups is 2. The maximum Gasteiger partial charge on any atom is 0.490 e. The van der Waals surface area contributed by atoms with Gasteiger partial charge in [-0.1, -0.05) is 11.6 Å². The smallest absolute Gasteiger partial charge is 0.484 e. The van der Waals surface area contributed by atoms with E-state index in [1.54, 1.807) is 0 Å². The molecule has 0 aliphatic heterocycles. The zero-order valence-corrected chi connectivity index (χ0v) is 14.8. The van der Waals surface area contributed by atoms with E-state index in [0.717, 1.165) is 31.7 Å². The van der Waals surface area contributed by atoms with Crippen LogP contribution < -0.4 is 15.8 Å². The Morgan fingerprint density at radius 1 is 1.26 bits per heavy atom. The van der Waals surface area contributed by atoms with Gasteiger partial charge in [-0.25, -0.2) is 9.18 Å². The van der Waals surface area contributed by atoms with Crippen molar-refractivity contribution in [3.8, 4) is 5.75 Å². The van der Waals surface area contributed by atoms with E-state index >= 15 is 0 Å². The highest BCUT2D eigenvalue weighted by Crippen LogP contribution is 2.20. The van der Waals surface area contributed by atoms with Crippen molar-refractivity contribution in [3.63, 3.8) is 0 Å². The van der Waals surface area contributed by atoms with Crippen LogP contribution >= 0.6 is 11.6 Å². The van der Waals surface area contributed by atoms with Crippen molar-refractivity contribution in [2.45, 2.75) is 43.9 Å². The van der Waals surface area contributed by atoms with Crippen LogP contribution in [-0.4, -0.2) is 41.8 Å². The average molecular weight is 415 g/mol. The SMILES string of the molecule is N[C@H]1CC[C@H](NC(=O)COc2ccc(Cl)c(F)c2)CC1.O=C(O)C(F)(F)F. The molecule has 1 aromatic rings. The number of hydrogen-bond donors (Lipinski definition) is 3. The quantitative estimate of drug-likeness (QED) is 0.658. The lowest BCUT2D eigenvalue weighted by molar-refractivity contribution is -0.192. The van der Waals surface area contributed by atoms with Gasteiger partial charge in [-0.05, 0) is 37.8 Å². The summed E-state index contributed by atoms with van der Waals surface area (Å²) in [7, 11) is 0. The molecule has 1 amide bonds. The Bertz CT molecular complexity index is 650. The van der Waals surface area contributed by atoms with Gasteiger partial charge in [-0.3, -0.25) is 4.79 Å². The summed E-state index contributed by atoms with van der Waals surface area (Å²) in [4.78, 5) is 20.6. The maximum absolute atomic E-state index is 13.2. The van der Waals surface area contributed by atoms with Gasteiger partial charge < -0.3 is 20.9 Å². The first-order valence-corrected chi connectivity index (χ1v) is 8.29. The van der Waals surface area contributed by atoms with E-state index in [9.17, 15) is 22.4 Å². The van der Waals surface area contributed by atoms with Crippen LogP contribution in [0.5, 0.6) is 5.75 Å². The van der Waals surface area contributed by atoms with E-state index in [1.165, 1.54) is 12.1 Å². The summed E-state index contributed by atoms with van der Waals surface area (Å²) in [6.07, 6.45) is -1.45. The molecule has 0 saturated heterocycles. The molecule has 0 radical (unpaired) electrons. The van der Waals surface area contributed by atoms with E-state index in [1.807, 2.05) is 0 Å². The van der Waals surface area contributed by atoms with E-state index < -0.39 is 18.0 Å². The zero-order valence-electron chi connectivity index (χ0n) is 14.1. The second-order valence-electron chi connectivity index (χ2n) is 5.85. The first-order valence-electron chi connectivity index (χ1n) is 7.92. The van der Waals surface area contributed by atoms with E-state index in [0.29, 0.717) is 0 Å². The number of hydrogen-bond acceptors (Lipinski definition) is 4. The normalized spacial score (nSPS) is 19.5. The van der Waals surface area contributed by atoms with Crippen LogP contribution in [0.15, 0.2) is 18.2 Å². The molecule has 0 unspecified atom stereocenters. The molecule has 1 aromatic carbocycles. The van der Waals surface area contributed by atoms with Crippen LogP contribution in [0.2, 0.25) is 5.02 Å². The molecule has 11 heteroatoms. The summed E-state index contributed by atoms with van der Waals surface area (Å²) in [5.41, 5.74) is 5.81. The summed E-state index contributed by atoms with van der Waals surface area (Å²) in [6.45, 7) is -0.135. The van der Waals surface area contributed by atoms with Crippen LogP contribution in [0.1, 0.15) is 25.7 Å². The summed E-state index contributed by atoms with van der Waals surface area (Å²) in [5, 5.41) is 10.0. The van der Waals surface area contributed by atoms with Gasteiger partial charge in [0.2, 0.25) is 0 Å². The highest BCUT2D eigenvalue weighted by molar-refractivity contribution is 6.30. The lowest BCUT2D eigenvalue weighted by Crippen LogP contribution is -2.42. The fraction of sp³-hybridized carbons (Fsp3) is 0.500. The Balaban J connectivity index is 0.000000445. The highest BCUT2D eigenvalue weighted by atomic mass is 35.5. The fourth-order valence-corrected chi connectivity index (χ4v) is 2.37. The van der Waals surface area contributed by atoms with Gasteiger partial charge in [0.25, 0.3) is 5.91 Å². The van der Waals surface area contributed by atoms with E-state index in [2.05, 4.69) is 5.32 Å². The van der Waals surface area contributed by atoms with Gasteiger partial charge in [0.05, 0.1) is 5.02 Å². The largest absolute Gasteiger partial charge is 0.490 e. The molecule has 4 N–H and O–H groups in total. The molecule has 0 spiro atoms. The molecule has 2 rings (SSSR count). The second-order valence-corrected chi connectivity index (χ2v) is 6.25. The van der Waals surface area contributed by atoms with Crippen molar-refractivity contribution < 1.29 is 37.0 Å². The topological polar surface area (TPSA) is 102 Å². The molecule has 0 aromatic heterocycles. The zero-order chi connectivity index (χ0) is 20.6. The van der Waals surface area contributed by atoms with Crippen molar-refractivity contribution in [2.75, 3.05) is 6.61 Å². The number of carbonyl (C=O) groups excluding carboxylic acids is 1. The number of nitrogens with one attached hydrogen (secondary N) is 1. The molecule has 6 nitrogen and oxygen atoms in total. The van der Waals surface area contributed by atoms with Crippen molar-refractivity contribution in [3.05, 3.63) is 29.0 Å². The minimum atomic E-state index is -5.08. The number of rotatable bonds is 4. The minimum Gasteiger partial charge on any atom is -0.484 e. The molecule has 152 valence electrons. The molecular weight excluding hydrogens is 396 g/mol. The number of benzene rings is 1. The molecular formula is C16H19ClF4N2O4. The monoisotopic (exact) mass is 414 g/mol. The van der Waals surface area contributed by atoms with Crippen LogP contribution in [0.4, 0.5) is 17.6 Å². The number of alkyl halides is 3. The van der Waals surface area contributed by atoms with Gasteiger partial charge >= 0.3 is 12.1 Å². The number of carboxylic acid groups (broad SMARTS) is 1. The molecule has 27 heavy (non-hydrogen) atoms. The predicted octanol–water partition coefficient (Wildman–Crippen LogP) is 2.88. The highest BCUT2D eigenvalue weighted by Gasteiger charge is 2.38. The summed E-state index contributed by atoms with van der Waals surface area (Å²) >= 11 is 5.56. The standard InChI is InChI=1S/C14H18ClFN2O2.C2HF3O2/c15-12-6-5-11(7-13(12)16)20-8-14(19)18-10-3-1-9(17)2-4-10;3-2(4,5)1(6)7/h5-7,9-10H,1-4,8,17H2,(H,18,19);(H,6,7)/t9-,10-;. The molecule has 1 aliphatic rings. The molecule has 1 aliphatic carbocycles. The van der Waals surface area contributed by atoms with Crippen molar-refractivity contribution in [2.24, 2.45) is 5.73 Å². The summed E-state index contributed by atoms with van der Waals surface area (Å²) in [6, 6.07) is 4.49. The van der Waals surface area contributed by atoms with E-state index in [-0.39, 0.29) is 35.4 Å². The van der Waals surface area contributed by atoms with E-state index in [4.69, 9.17) is 32.0 Å². The van der Waals surface area contributed by atoms with Gasteiger partial charge in [-0.2, -0.15) is 13.2 Å². The Labute approximate surface area is 157 Å². The van der Waals surface area contributed by atoms with Gasteiger partial charge in [0.1, 0.15) is 11.6 Å². The fourth-order valence-electron chi connectivity index (χ4n) is 2.25. The number of amides is 1. The van der Waals surface area contributed by atoms with Crippen LogP contribution in [-0.2, 0) is 9.59 Å². The number of ether oxygens (including phenoxy) is 1. The summed E-state index contributed by atoms with van der Waals surface area (Å²) in [5.74, 6) is -3.24. The Kier molecular flexibility index (Phi) is 8.77. The first kappa shape index (κ1) is 23.0. The molecule has 0 bridgehead atoms. The number of nitrogens with two attached hydrogens (primary N) is 1. The third-order valence-electron chi connectivity index (χ3n) is 3.64. The third kappa shape index (κ3) is 8.91. The number of carboxylic acids is 1. The Morgan fingerprint density at radius 2 is 1.81 bits per heavy atom. The number of halogens is 5. The van der Waals surface area contributed by atoms with Crippen LogP contribution in [0.3, 0.4) is 0 Å². The second kappa shape index (κ2) is 10.3. The average Bonchev–Trinajstić information content (AvgIpc) is 2.58. The summed E-state index contributed by atoms with van der Waals surface area (Å²) < 4.78 is 50.2.